The molecule has 0 aromatic carbocycles. The number of ether oxygens (including phenoxy) is 4. The van der Waals surface area contributed by atoms with Crippen molar-refractivity contribution in [3.05, 3.63) is 0 Å². The second-order valence-electron chi connectivity index (χ2n) is 4.53. The van der Waals surface area contributed by atoms with E-state index in [4.69, 9.17) is 18.9 Å². The van der Waals surface area contributed by atoms with Gasteiger partial charge in [-0.25, -0.2) is 0 Å². The Morgan fingerprint density at radius 1 is 1.18 bits per heavy atom. The lowest BCUT2D eigenvalue weighted by molar-refractivity contribution is -0.146. The third kappa shape index (κ3) is 12.5. The van der Waals surface area contributed by atoms with Crippen LogP contribution in [0.5, 0.6) is 0 Å². The Hall–Kier alpha value is -1.22. The van der Waals surface area contributed by atoms with Gasteiger partial charge in [0, 0.05) is 27.3 Å². The molecule has 0 spiro atoms. The van der Waals surface area contributed by atoms with Gasteiger partial charge in [0.2, 0.25) is 0 Å². The van der Waals surface area contributed by atoms with Gasteiger partial charge in [0.05, 0.1) is 20.6 Å². The van der Waals surface area contributed by atoms with E-state index in [0.717, 1.165) is 12.8 Å². The monoisotopic (exact) mass is 319 g/mol. The Kier molecular flexibility index (Phi) is 15.3. The molecule has 0 aromatic rings. The lowest BCUT2D eigenvalue weighted by atomic mass is 10.1. The zero-order valence-electron chi connectivity index (χ0n) is 13.8. The Morgan fingerprint density at radius 3 is 2.64 bits per heavy atom. The van der Waals surface area contributed by atoms with Crippen molar-refractivity contribution in [2.45, 2.75) is 25.3 Å². The molecule has 130 valence electrons. The van der Waals surface area contributed by atoms with Crippen LogP contribution < -0.4 is 10.6 Å². The molecule has 0 rings (SSSR count). The van der Waals surface area contributed by atoms with Gasteiger partial charge in [-0.15, -0.1) is 0 Å². The number of hydrogen-bond donors (Lipinski definition) is 2. The Bertz CT molecular complexity index is 290. The van der Waals surface area contributed by atoms with Crippen molar-refractivity contribution in [1.82, 2.24) is 10.6 Å². The number of hydrogen-bond acceptors (Lipinski definition) is 8. The van der Waals surface area contributed by atoms with E-state index in [1.54, 1.807) is 21.3 Å². The SMILES string of the molecule is CO/C=N/CCCCC(NCOC)C(=O)OCCNCOC. The van der Waals surface area contributed by atoms with Crippen LogP contribution in [0.1, 0.15) is 19.3 Å². The highest BCUT2D eigenvalue weighted by molar-refractivity contribution is 5.75. The fourth-order valence-electron chi connectivity index (χ4n) is 1.66. The topological polar surface area (TPSA) is 90.4 Å². The summed E-state index contributed by atoms with van der Waals surface area (Å²) in [5, 5.41) is 5.99. The molecule has 0 radical (unpaired) electrons. The maximum Gasteiger partial charge on any atom is 0.323 e. The lowest BCUT2D eigenvalue weighted by Gasteiger charge is -2.17. The minimum absolute atomic E-state index is 0.267. The smallest absolute Gasteiger partial charge is 0.323 e. The van der Waals surface area contributed by atoms with Crippen LogP contribution in [0, 0.1) is 0 Å². The van der Waals surface area contributed by atoms with Crippen LogP contribution >= 0.6 is 0 Å². The fourth-order valence-corrected chi connectivity index (χ4v) is 1.66. The van der Waals surface area contributed by atoms with Gasteiger partial charge in [0.25, 0.3) is 0 Å². The fraction of sp³-hybridized carbons (Fsp3) is 0.857. The molecular weight excluding hydrogens is 290 g/mol. The summed E-state index contributed by atoms with van der Waals surface area (Å²) in [6, 6.07) is -0.367. The van der Waals surface area contributed by atoms with Crippen molar-refractivity contribution in [3.8, 4) is 0 Å². The van der Waals surface area contributed by atoms with Crippen LogP contribution in [0.4, 0.5) is 0 Å². The van der Waals surface area contributed by atoms with Gasteiger partial charge in [0.1, 0.15) is 12.6 Å². The van der Waals surface area contributed by atoms with E-state index in [2.05, 4.69) is 15.6 Å². The number of carbonyl (C=O) groups excluding carboxylic acids is 1. The predicted octanol–water partition coefficient (Wildman–Crippen LogP) is 0.130. The standard InChI is InChI=1S/C14H29N3O5/c1-19-10-15-7-5-4-6-13(17-12-21-3)14(18)22-9-8-16-11-20-2/h10,13,16-17H,4-9,11-12H2,1-3H3/b15-10+. The van der Waals surface area contributed by atoms with E-state index in [1.165, 1.54) is 6.40 Å². The average Bonchev–Trinajstić information content (AvgIpc) is 2.53. The van der Waals surface area contributed by atoms with E-state index >= 15 is 0 Å². The number of nitrogens with zero attached hydrogens (tertiary/aromatic N) is 1. The number of aliphatic imine (C=N–C) groups is 1. The Labute approximate surface area is 132 Å². The summed E-state index contributed by atoms with van der Waals surface area (Å²) < 4.78 is 19.7. The first kappa shape index (κ1) is 20.8. The summed E-state index contributed by atoms with van der Waals surface area (Å²) in [7, 11) is 4.73. The number of esters is 1. The van der Waals surface area contributed by atoms with Crippen LogP contribution in [-0.4, -0.2) is 72.9 Å². The molecule has 1 atom stereocenters. The number of rotatable bonds is 15. The third-order valence-electron chi connectivity index (χ3n) is 2.74. The summed E-state index contributed by atoms with van der Waals surface area (Å²) in [6.45, 7) is 2.29. The molecule has 0 bridgehead atoms. The zero-order valence-corrected chi connectivity index (χ0v) is 13.8. The quantitative estimate of drug-likeness (QED) is 0.146. The highest BCUT2D eigenvalue weighted by Gasteiger charge is 2.18. The van der Waals surface area contributed by atoms with Gasteiger partial charge < -0.3 is 18.9 Å². The van der Waals surface area contributed by atoms with Crippen molar-refractivity contribution in [3.63, 3.8) is 0 Å². The van der Waals surface area contributed by atoms with Crippen LogP contribution in [-0.2, 0) is 23.7 Å². The molecule has 22 heavy (non-hydrogen) atoms. The summed E-state index contributed by atoms with van der Waals surface area (Å²) >= 11 is 0. The van der Waals surface area contributed by atoms with Crippen molar-refractivity contribution >= 4 is 12.4 Å². The molecule has 0 aliphatic heterocycles. The first-order valence-electron chi connectivity index (χ1n) is 7.36. The minimum atomic E-state index is -0.367. The molecule has 8 heteroatoms. The van der Waals surface area contributed by atoms with E-state index in [9.17, 15) is 4.79 Å². The molecule has 0 aliphatic rings. The van der Waals surface area contributed by atoms with E-state index in [-0.39, 0.29) is 12.0 Å². The number of methoxy groups -OCH3 is 3. The van der Waals surface area contributed by atoms with Gasteiger partial charge in [-0.2, -0.15) is 0 Å². The average molecular weight is 319 g/mol. The molecule has 0 heterocycles. The Morgan fingerprint density at radius 2 is 1.95 bits per heavy atom. The second kappa shape index (κ2) is 16.2. The Balaban J connectivity index is 3.92. The summed E-state index contributed by atoms with van der Waals surface area (Å²) in [4.78, 5) is 16.0. The molecule has 0 saturated heterocycles. The van der Waals surface area contributed by atoms with Crippen LogP contribution in [0.2, 0.25) is 0 Å². The molecule has 0 amide bonds. The summed E-state index contributed by atoms with van der Waals surface area (Å²) in [5.74, 6) is -0.267. The van der Waals surface area contributed by atoms with Crippen molar-refractivity contribution in [2.24, 2.45) is 4.99 Å². The largest absolute Gasteiger partial charge is 0.487 e. The van der Waals surface area contributed by atoms with Crippen LogP contribution in [0.15, 0.2) is 4.99 Å². The van der Waals surface area contributed by atoms with Gasteiger partial charge >= 0.3 is 5.97 Å². The van der Waals surface area contributed by atoms with Gasteiger partial charge in [-0.05, 0) is 19.3 Å². The van der Waals surface area contributed by atoms with E-state index in [0.29, 0.717) is 39.6 Å². The second-order valence-corrected chi connectivity index (χ2v) is 4.53. The highest BCUT2D eigenvalue weighted by Crippen LogP contribution is 2.03. The van der Waals surface area contributed by atoms with Gasteiger partial charge in [-0.1, -0.05) is 0 Å². The highest BCUT2D eigenvalue weighted by atomic mass is 16.5. The third-order valence-corrected chi connectivity index (χ3v) is 2.74. The predicted molar refractivity (Wildman–Crippen MR) is 83.9 cm³/mol. The van der Waals surface area contributed by atoms with Gasteiger partial charge in [-0.3, -0.25) is 20.4 Å². The van der Waals surface area contributed by atoms with Crippen molar-refractivity contribution in [1.29, 1.82) is 0 Å². The molecule has 0 aromatic heterocycles. The van der Waals surface area contributed by atoms with Crippen LogP contribution in [0.3, 0.4) is 0 Å². The number of unbranched alkanes of at least 4 members (excludes halogenated alkanes) is 1. The van der Waals surface area contributed by atoms with Crippen LogP contribution in [0.25, 0.3) is 0 Å². The molecule has 0 saturated carbocycles. The molecule has 2 N–H and O–H groups in total. The molecule has 8 nitrogen and oxygen atoms in total. The lowest BCUT2D eigenvalue weighted by Crippen LogP contribution is -2.40. The zero-order chi connectivity index (χ0) is 16.5. The summed E-state index contributed by atoms with van der Waals surface area (Å²) in [5.41, 5.74) is 0. The molecule has 0 aliphatic carbocycles. The molecular formula is C14H29N3O5. The van der Waals surface area contributed by atoms with E-state index < -0.39 is 0 Å². The normalized spacial score (nSPS) is 12.5. The van der Waals surface area contributed by atoms with Crippen molar-refractivity contribution < 1.29 is 23.7 Å². The maximum atomic E-state index is 12.0. The molecule has 1 unspecified atom stereocenters. The number of carbonyl (C=O) groups is 1. The first-order valence-corrected chi connectivity index (χ1v) is 7.36. The summed E-state index contributed by atoms with van der Waals surface area (Å²) in [6.07, 6.45) is 3.84. The molecule has 0 fully saturated rings. The number of nitrogens with one attached hydrogen (secondary N) is 2. The van der Waals surface area contributed by atoms with Crippen molar-refractivity contribution in [2.75, 3.05) is 54.5 Å². The minimum Gasteiger partial charge on any atom is -0.487 e. The maximum absolute atomic E-state index is 12.0. The first-order chi connectivity index (χ1) is 10.8. The van der Waals surface area contributed by atoms with E-state index in [1.807, 2.05) is 0 Å². The van der Waals surface area contributed by atoms with Gasteiger partial charge in [0.15, 0.2) is 6.40 Å².